The van der Waals surface area contributed by atoms with Gasteiger partial charge in [-0.15, -0.1) is 0 Å². The van der Waals surface area contributed by atoms with E-state index >= 15 is 0 Å². The predicted molar refractivity (Wildman–Crippen MR) is 229 cm³/mol. The van der Waals surface area contributed by atoms with Crippen LogP contribution in [0, 0.1) is 0 Å². The van der Waals surface area contributed by atoms with Gasteiger partial charge in [0, 0.05) is 13.0 Å². The van der Waals surface area contributed by atoms with E-state index in [4.69, 9.17) is 18.9 Å². The Bertz CT molecular complexity index is 910. The van der Waals surface area contributed by atoms with Gasteiger partial charge in [0.25, 0.3) is 0 Å². The van der Waals surface area contributed by atoms with Gasteiger partial charge in [0.2, 0.25) is 0 Å². The summed E-state index contributed by atoms with van der Waals surface area (Å²) in [6.45, 7) is 4.54. The zero-order chi connectivity index (χ0) is 40.7. The minimum absolute atomic E-state index is 0.115. The molecular formula is C47H88O9. The van der Waals surface area contributed by atoms with E-state index in [1.165, 1.54) is 128 Å². The highest BCUT2D eigenvalue weighted by atomic mass is 16.7. The Morgan fingerprint density at radius 2 is 1.04 bits per heavy atom. The number of rotatable bonds is 40. The molecule has 9 heteroatoms. The molecule has 6 unspecified atom stereocenters. The second kappa shape index (κ2) is 39.1. The molecule has 6 atom stereocenters. The van der Waals surface area contributed by atoms with Crippen molar-refractivity contribution in [1.29, 1.82) is 0 Å². The van der Waals surface area contributed by atoms with Gasteiger partial charge in [-0.25, -0.2) is 0 Å². The summed E-state index contributed by atoms with van der Waals surface area (Å²) < 4.78 is 22.8. The lowest BCUT2D eigenvalue weighted by atomic mass is 9.99. The molecule has 0 bridgehead atoms. The molecule has 4 N–H and O–H groups in total. The van der Waals surface area contributed by atoms with Crippen molar-refractivity contribution in [2.45, 2.75) is 243 Å². The van der Waals surface area contributed by atoms with Crippen LogP contribution in [-0.2, 0) is 23.7 Å². The van der Waals surface area contributed by atoms with Crippen molar-refractivity contribution in [1.82, 2.24) is 0 Å². The van der Waals surface area contributed by atoms with Gasteiger partial charge in [-0.3, -0.25) is 4.79 Å². The molecule has 0 aromatic rings. The Hall–Kier alpha value is -1.33. The number of allylic oxidation sites excluding steroid dienone is 4. The Morgan fingerprint density at radius 3 is 1.57 bits per heavy atom. The summed E-state index contributed by atoms with van der Waals surface area (Å²) in [7, 11) is 0. The highest BCUT2D eigenvalue weighted by Crippen LogP contribution is 2.23. The van der Waals surface area contributed by atoms with E-state index in [9.17, 15) is 25.2 Å². The van der Waals surface area contributed by atoms with Crippen LogP contribution in [0.1, 0.15) is 206 Å². The molecular weight excluding hydrogens is 709 g/mol. The smallest absolute Gasteiger partial charge is 0.306 e. The van der Waals surface area contributed by atoms with Gasteiger partial charge in [0.05, 0.1) is 19.8 Å². The van der Waals surface area contributed by atoms with Crippen LogP contribution < -0.4 is 0 Å². The summed E-state index contributed by atoms with van der Waals surface area (Å²) >= 11 is 0. The van der Waals surface area contributed by atoms with Crippen molar-refractivity contribution in [3.05, 3.63) is 24.3 Å². The van der Waals surface area contributed by atoms with E-state index in [1.54, 1.807) is 0 Å². The van der Waals surface area contributed by atoms with Gasteiger partial charge in [0.1, 0.15) is 30.5 Å². The normalized spacial score (nSPS) is 20.7. The van der Waals surface area contributed by atoms with Crippen LogP contribution in [0.25, 0.3) is 0 Å². The number of unbranched alkanes of at least 4 members (excludes halogenated alkanes) is 25. The first-order chi connectivity index (χ1) is 27.4. The Morgan fingerprint density at radius 1 is 0.571 bits per heavy atom. The maximum absolute atomic E-state index is 12.8. The Balaban J connectivity index is 2.24. The molecule has 0 saturated carbocycles. The van der Waals surface area contributed by atoms with E-state index in [0.717, 1.165) is 57.8 Å². The quantitative estimate of drug-likeness (QED) is 0.0271. The summed E-state index contributed by atoms with van der Waals surface area (Å²) in [6.07, 6.45) is 37.7. The fraction of sp³-hybridized carbons (Fsp3) is 0.894. The fourth-order valence-corrected chi connectivity index (χ4v) is 7.17. The van der Waals surface area contributed by atoms with E-state index in [-0.39, 0.29) is 19.2 Å². The third-order valence-corrected chi connectivity index (χ3v) is 10.9. The van der Waals surface area contributed by atoms with Crippen LogP contribution in [0.5, 0.6) is 0 Å². The van der Waals surface area contributed by atoms with Crippen molar-refractivity contribution >= 4 is 5.97 Å². The standard InChI is InChI=1S/C47H88O9/c1-3-5-7-9-11-13-15-17-19-20-21-23-25-27-29-31-33-35-37-53-39-41(40-54-47-46(52)45(51)44(50)42(38-48)56-47)55-43(49)36-34-32-30-28-26-24-22-18-16-14-12-10-8-6-4-2/h12,14,18,22,41-42,44-48,50-52H,3-11,13,15-17,19-21,23-40H2,1-2H3/b14-12-,22-18-. The lowest BCUT2D eigenvalue weighted by Gasteiger charge is -2.39. The number of aliphatic hydroxyl groups is 4. The zero-order valence-corrected chi connectivity index (χ0v) is 36.1. The van der Waals surface area contributed by atoms with E-state index in [2.05, 4.69) is 38.2 Å². The van der Waals surface area contributed by atoms with Gasteiger partial charge in [0.15, 0.2) is 6.29 Å². The van der Waals surface area contributed by atoms with Crippen molar-refractivity contribution in [2.24, 2.45) is 0 Å². The summed E-state index contributed by atoms with van der Waals surface area (Å²) in [4.78, 5) is 12.8. The summed E-state index contributed by atoms with van der Waals surface area (Å²) in [6, 6.07) is 0. The molecule has 0 aliphatic carbocycles. The number of aliphatic hydroxyl groups excluding tert-OH is 4. The second-order valence-corrected chi connectivity index (χ2v) is 16.2. The number of esters is 1. The third-order valence-electron chi connectivity index (χ3n) is 10.9. The van der Waals surface area contributed by atoms with Crippen LogP contribution in [0.3, 0.4) is 0 Å². The Kier molecular flexibility index (Phi) is 36.8. The molecule has 1 rings (SSSR count). The van der Waals surface area contributed by atoms with Crippen molar-refractivity contribution in [3.63, 3.8) is 0 Å². The fourth-order valence-electron chi connectivity index (χ4n) is 7.17. The number of ether oxygens (including phenoxy) is 4. The van der Waals surface area contributed by atoms with Crippen LogP contribution >= 0.6 is 0 Å². The first-order valence-electron chi connectivity index (χ1n) is 23.4. The molecule has 330 valence electrons. The molecule has 1 fully saturated rings. The van der Waals surface area contributed by atoms with Gasteiger partial charge >= 0.3 is 5.97 Å². The molecule has 9 nitrogen and oxygen atoms in total. The maximum atomic E-state index is 12.8. The van der Waals surface area contributed by atoms with Gasteiger partial charge in [-0.05, 0) is 44.9 Å². The SMILES string of the molecule is CCCCC/C=C\C/C=C\CCCCCCCC(=O)OC(COCCCCCCCCCCCCCCCCCCCC)COC1OC(CO)C(O)C(O)C1O. The molecule has 1 saturated heterocycles. The molecule has 0 aromatic carbocycles. The van der Waals surface area contributed by atoms with E-state index in [0.29, 0.717) is 13.0 Å². The van der Waals surface area contributed by atoms with E-state index in [1.807, 2.05) is 0 Å². The number of hydrogen-bond acceptors (Lipinski definition) is 9. The second-order valence-electron chi connectivity index (χ2n) is 16.2. The summed E-state index contributed by atoms with van der Waals surface area (Å²) in [5.74, 6) is -0.324. The number of carbonyl (C=O) groups excluding carboxylic acids is 1. The highest BCUT2D eigenvalue weighted by Gasteiger charge is 2.44. The molecule has 0 amide bonds. The largest absolute Gasteiger partial charge is 0.457 e. The van der Waals surface area contributed by atoms with E-state index < -0.39 is 43.4 Å². The average molecular weight is 797 g/mol. The third kappa shape index (κ3) is 29.8. The lowest BCUT2D eigenvalue weighted by Crippen LogP contribution is -2.59. The molecule has 0 radical (unpaired) electrons. The van der Waals surface area contributed by atoms with Crippen LogP contribution in [0.15, 0.2) is 24.3 Å². The summed E-state index contributed by atoms with van der Waals surface area (Å²) in [5, 5.41) is 40.1. The Labute approximate surface area is 343 Å². The molecule has 1 aliphatic heterocycles. The first-order valence-corrected chi connectivity index (χ1v) is 23.4. The van der Waals surface area contributed by atoms with Crippen LogP contribution in [0.2, 0.25) is 0 Å². The molecule has 0 aromatic heterocycles. The molecule has 0 spiro atoms. The average Bonchev–Trinajstić information content (AvgIpc) is 3.20. The van der Waals surface area contributed by atoms with Crippen molar-refractivity contribution in [3.8, 4) is 0 Å². The summed E-state index contributed by atoms with van der Waals surface area (Å²) in [5.41, 5.74) is 0. The van der Waals surface area contributed by atoms with Gasteiger partial charge in [-0.2, -0.15) is 0 Å². The van der Waals surface area contributed by atoms with Crippen molar-refractivity contribution < 1.29 is 44.2 Å². The lowest BCUT2D eigenvalue weighted by molar-refractivity contribution is -0.305. The zero-order valence-electron chi connectivity index (χ0n) is 36.1. The minimum Gasteiger partial charge on any atom is -0.457 e. The highest BCUT2D eigenvalue weighted by molar-refractivity contribution is 5.69. The molecule has 1 heterocycles. The predicted octanol–water partition coefficient (Wildman–Crippen LogP) is 10.6. The topological polar surface area (TPSA) is 135 Å². The minimum atomic E-state index is -1.54. The molecule has 1 aliphatic rings. The number of hydrogen-bond donors (Lipinski definition) is 4. The van der Waals surface area contributed by atoms with Gasteiger partial charge < -0.3 is 39.4 Å². The monoisotopic (exact) mass is 797 g/mol. The van der Waals surface area contributed by atoms with Crippen LogP contribution in [0.4, 0.5) is 0 Å². The van der Waals surface area contributed by atoms with Crippen molar-refractivity contribution in [2.75, 3.05) is 26.4 Å². The number of carbonyl (C=O) groups is 1. The van der Waals surface area contributed by atoms with Gasteiger partial charge in [-0.1, -0.05) is 179 Å². The van der Waals surface area contributed by atoms with Crippen LogP contribution in [-0.4, -0.2) is 89.6 Å². The maximum Gasteiger partial charge on any atom is 0.306 e. The first kappa shape index (κ1) is 52.7. The molecule has 56 heavy (non-hydrogen) atoms.